The van der Waals surface area contributed by atoms with Gasteiger partial charge in [-0.1, -0.05) is 31.0 Å². The molecule has 120 valence electrons. The molecule has 0 saturated carbocycles. The van der Waals surface area contributed by atoms with Crippen LogP contribution in [-0.4, -0.2) is 40.0 Å². The normalized spacial score (nSPS) is 11.9. The van der Waals surface area contributed by atoms with E-state index in [1.165, 1.54) is 4.31 Å². The highest BCUT2D eigenvalue weighted by atomic mass is 32.2. The number of hydrogen-bond acceptors (Lipinski definition) is 3. The van der Waals surface area contributed by atoms with Crippen molar-refractivity contribution >= 4 is 10.2 Å². The van der Waals surface area contributed by atoms with Gasteiger partial charge in [-0.3, -0.25) is 0 Å². The number of nitrogens with one attached hydrogen (secondary N) is 1. The highest BCUT2D eigenvalue weighted by molar-refractivity contribution is 7.87. The lowest BCUT2D eigenvalue weighted by atomic mass is 10.1. The van der Waals surface area contributed by atoms with Crippen LogP contribution in [0, 0.1) is 6.92 Å². The van der Waals surface area contributed by atoms with Crippen molar-refractivity contribution < 1.29 is 13.2 Å². The van der Waals surface area contributed by atoms with E-state index >= 15 is 0 Å². The zero-order valence-corrected chi connectivity index (χ0v) is 14.2. The van der Waals surface area contributed by atoms with Gasteiger partial charge in [-0.05, 0) is 31.4 Å². The third-order valence-corrected chi connectivity index (χ3v) is 4.92. The lowest BCUT2D eigenvalue weighted by Crippen LogP contribution is -2.39. The molecule has 0 aliphatic carbocycles. The number of unbranched alkanes of at least 4 members (excludes halogenated alkanes) is 1. The van der Waals surface area contributed by atoms with Crippen LogP contribution in [0.3, 0.4) is 0 Å². The van der Waals surface area contributed by atoms with Gasteiger partial charge in [0, 0.05) is 20.1 Å². The topological polar surface area (TPSA) is 58.6 Å². The molecule has 0 radical (unpaired) electrons. The van der Waals surface area contributed by atoms with Gasteiger partial charge in [0.25, 0.3) is 10.2 Å². The van der Waals surface area contributed by atoms with Crippen LogP contribution in [0.15, 0.2) is 18.2 Å². The average Bonchev–Trinajstić information content (AvgIpc) is 2.44. The van der Waals surface area contributed by atoms with Crippen molar-refractivity contribution in [2.75, 3.05) is 27.2 Å². The number of rotatable bonds is 9. The Morgan fingerprint density at radius 2 is 2.05 bits per heavy atom. The summed E-state index contributed by atoms with van der Waals surface area (Å²) in [6.45, 7) is 4.95. The van der Waals surface area contributed by atoms with Crippen LogP contribution >= 0.6 is 0 Å². The number of ether oxygens (including phenoxy) is 1. The van der Waals surface area contributed by atoms with Crippen LogP contribution in [-0.2, 0) is 16.6 Å². The van der Waals surface area contributed by atoms with Crippen molar-refractivity contribution in [1.82, 2.24) is 9.03 Å². The van der Waals surface area contributed by atoms with Gasteiger partial charge in [-0.15, -0.1) is 0 Å². The van der Waals surface area contributed by atoms with Gasteiger partial charge < -0.3 is 4.74 Å². The summed E-state index contributed by atoms with van der Waals surface area (Å²) in [6, 6.07) is 5.91. The third-order valence-electron chi connectivity index (χ3n) is 3.35. The summed E-state index contributed by atoms with van der Waals surface area (Å²) in [5.41, 5.74) is 2.14. The molecule has 0 aromatic heterocycles. The van der Waals surface area contributed by atoms with E-state index in [1.54, 1.807) is 14.2 Å². The van der Waals surface area contributed by atoms with E-state index in [2.05, 4.69) is 4.72 Å². The molecule has 5 nitrogen and oxygen atoms in total. The standard InChI is InChI=1S/C15H26N2O3S/c1-5-6-11-17(3)21(18,19)16-10-9-14-12-13(2)7-8-15(14)20-4/h7-8,12,16H,5-6,9-11H2,1-4H3. The monoisotopic (exact) mass is 314 g/mol. The summed E-state index contributed by atoms with van der Waals surface area (Å²) in [4.78, 5) is 0. The van der Waals surface area contributed by atoms with Gasteiger partial charge in [-0.25, -0.2) is 4.72 Å². The predicted octanol–water partition coefficient (Wildman–Crippen LogP) is 2.11. The maximum Gasteiger partial charge on any atom is 0.279 e. The molecule has 0 atom stereocenters. The minimum Gasteiger partial charge on any atom is -0.496 e. The molecule has 1 aromatic carbocycles. The molecule has 0 bridgehead atoms. The Morgan fingerprint density at radius 1 is 1.33 bits per heavy atom. The fraction of sp³-hybridized carbons (Fsp3) is 0.600. The first kappa shape index (κ1) is 17.9. The lowest BCUT2D eigenvalue weighted by Gasteiger charge is -2.17. The lowest BCUT2D eigenvalue weighted by molar-refractivity contribution is 0.409. The summed E-state index contributed by atoms with van der Waals surface area (Å²) in [5.74, 6) is 0.791. The zero-order chi connectivity index (χ0) is 15.9. The van der Waals surface area contributed by atoms with Gasteiger partial charge in [0.1, 0.15) is 5.75 Å². The molecule has 21 heavy (non-hydrogen) atoms. The van der Waals surface area contributed by atoms with Crippen molar-refractivity contribution in [2.45, 2.75) is 33.1 Å². The van der Waals surface area contributed by atoms with Crippen LogP contribution in [0.5, 0.6) is 5.75 Å². The Balaban J connectivity index is 2.58. The molecule has 0 saturated heterocycles. The van der Waals surface area contributed by atoms with Crippen LogP contribution < -0.4 is 9.46 Å². The predicted molar refractivity (Wildman–Crippen MR) is 85.9 cm³/mol. The first-order chi connectivity index (χ1) is 9.90. The average molecular weight is 314 g/mol. The van der Waals surface area contributed by atoms with Crippen LogP contribution in [0.4, 0.5) is 0 Å². The van der Waals surface area contributed by atoms with Gasteiger partial charge in [0.05, 0.1) is 7.11 Å². The second kappa shape index (κ2) is 8.36. The van der Waals surface area contributed by atoms with Crippen molar-refractivity contribution in [3.05, 3.63) is 29.3 Å². The molecule has 1 rings (SSSR count). The summed E-state index contributed by atoms with van der Waals surface area (Å²) < 4.78 is 33.4. The molecule has 1 aromatic rings. The van der Waals surface area contributed by atoms with Crippen LogP contribution in [0.2, 0.25) is 0 Å². The molecule has 6 heteroatoms. The third kappa shape index (κ3) is 5.65. The largest absolute Gasteiger partial charge is 0.496 e. The number of hydrogen-bond donors (Lipinski definition) is 1. The molecule has 0 aliphatic rings. The molecule has 0 amide bonds. The molecule has 0 heterocycles. The molecule has 0 aliphatic heterocycles. The molecule has 0 spiro atoms. The second-order valence-electron chi connectivity index (χ2n) is 5.14. The second-order valence-corrected chi connectivity index (χ2v) is 7.00. The SMILES string of the molecule is CCCCN(C)S(=O)(=O)NCCc1cc(C)ccc1OC. The van der Waals surface area contributed by atoms with E-state index in [0.717, 1.165) is 29.7 Å². The maximum absolute atomic E-state index is 12.0. The highest BCUT2D eigenvalue weighted by Gasteiger charge is 2.16. The number of benzene rings is 1. The summed E-state index contributed by atoms with van der Waals surface area (Å²) in [6.07, 6.45) is 2.44. The first-order valence-corrected chi connectivity index (χ1v) is 8.69. The molecular weight excluding hydrogens is 288 g/mol. The van der Waals surface area contributed by atoms with E-state index in [0.29, 0.717) is 19.5 Å². The van der Waals surface area contributed by atoms with Crippen LogP contribution in [0.25, 0.3) is 0 Å². The van der Waals surface area contributed by atoms with Crippen molar-refractivity contribution in [3.63, 3.8) is 0 Å². The van der Waals surface area contributed by atoms with E-state index in [-0.39, 0.29) is 0 Å². The van der Waals surface area contributed by atoms with E-state index < -0.39 is 10.2 Å². The van der Waals surface area contributed by atoms with Crippen LogP contribution in [0.1, 0.15) is 30.9 Å². The molecular formula is C15H26N2O3S. The zero-order valence-electron chi connectivity index (χ0n) is 13.3. The van der Waals surface area contributed by atoms with Crippen molar-refractivity contribution in [2.24, 2.45) is 0 Å². The fourth-order valence-corrected chi connectivity index (χ4v) is 2.98. The van der Waals surface area contributed by atoms with E-state index in [9.17, 15) is 8.42 Å². The summed E-state index contributed by atoms with van der Waals surface area (Å²) in [5, 5.41) is 0. The first-order valence-electron chi connectivity index (χ1n) is 7.25. The minimum absolute atomic E-state index is 0.360. The highest BCUT2D eigenvalue weighted by Crippen LogP contribution is 2.19. The Morgan fingerprint density at radius 3 is 2.67 bits per heavy atom. The van der Waals surface area contributed by atoms with E-state index in [1.807, 2.05) is 32.0 Å². The van der Waals surface area contributed by atoms with Crippen molar-refractivity contribution in [1.29, 1.82) is 0 Å². The summed E-state index contributed by atoms with van der Waals surface area (Å²) in [7, 11) is -0.166. The Hall–Kier alpha value is -1.11. The van der Waals surface area contributed by atoms with Gasteiger partial charge >= 0.3 is 0 Å². The fourth-order valence-electron chi connectivity index (χ4n) is 2.03. The number of methoxy groups -OCH3 is 1. The smallest absolute Gasteiger partial charge is 0.279 e. The van der Waals surface area contributed by atoms with E-state index in [4.69, 9.17) is 4.74 Å². The Labute approximate surface area is 128 Å². The molecule has 0 fully saturated rings. The minimum atomic E-state index is -3.39. The number of nitrogens with zero attached hydrogens (tertiary/aromatic N) is 1. The summed E-state index contributed by atoms with van der Waals surface area (Å²) >= 11 is 0. The maximum atomic E-state index is 12.0. The molecule has 0 unspecified atom stereocenters. The Kier molecular flexibility index (Phi) is 7.14. The quantitative estimate of drug-likeness (QED) is 0.759. The van der Waals surface area contributed by atoms with Gasteiger partial charge in [0.2, 0.25) is 0 Å². The van der Waals surface area contributed by atoms with Crippen molar-refractivity contribution in [3.8, 4) is 5.75 Å². The van der Waals surface area contributed by atoms with Gasteiger partial charge in [0.15, 0.2) is 0 Å². The molecule has 1 N–H and O–H groups in total. The Bertz CT molecular complexity index is 544. The van der Waals surface area contributed by atoms with Gasteiger partial charge in [-0.2, -0.15) is 12.7 Å². The number of aryl methyl sites for hydroxylation is 1.